The fourth-order valence-corrected chi connectivity index (χ4v) is 3.91. The van der Waals surface area contributed by atoms with Gasteiger partial charge in [0.25, 0.3) is 0 Å². The summed E-state index contributed by atoms with van der Waals surface area (Å²) in [6, 6.07) is 14.8. The third-order valence-corrected chi connectivity index (χ3v) is 5.30. The minimum Gasteiger partial charge on any atom is -0.493 e. The van der Waals surface area contributed by atoms with Gasteiger partial charge in [-0.15, -0.1) is 0 Å². The lowest BCUT2D eigenvalue weighted by molar-refractivity contribution is 0.196. The number of ether oxygens (including phenoxy) is 2. The van der Waals surface area contributed by atoms with E-state index >= 15 is 0 Å². The van der Waals surface area contributed by atoms with Crippen molar-refractivity contribution in [3.05, 3.63) is 60.4 Å². The maximum Gasteiger partial charge on any atom is 0.161 e. The van der Waals surface area contributed by atoms with E-state index in [4.69, 9.17) is 14.6 Å². The van der Waals surface area contributed by atoms with Crippen molar-refractivity contribution in [2.75, 3.05) is 38.7 Å². The number of likely N-dealkylation sites (tertiary alicyclic amines) is 1. The van der Waals surface area contributed by atoms with Crippen LogP contribution in [0.15, 0.2) is 54.9 Å². The maximum atomic E-state index is 9.02. The molecule has 1 aliphatic heterocycles. The molecule has 6 heteroatoms. The Morgan fingerprint density at radius 3 is 3.00 bits per heavy atom. The van der Waals surface area contributed by atoms with Gasteiger partial charge in [-0.2, -0.15) is 0 Å². The quantitative estimate of drug-likeness (QED) is 0.612. The van der Waals surface area contributed by atoms with Gasteiger partial charge in [0, 0.05) is 54.5 Å². The summed E-state index contributed by atoms with van der Waals surface area (Å²) in [5, 5.41) is 15.1. The molecular formula is C23H27N3O3. The smallest absolute Gasteiger partial charge is 0.161 e. The second-order valence-corrected chi connectivity index (χ2v) is 7.32. The van der Waals surface area contributed by atoms with Crippen LogP contribution in [-0.2, 0) is 6.54 Å². The summed E-state index contributed by atoms with van der Waals surface area (Å²) in [4.78, 5) is 6.66. The van der Waals surface area contributed by atoms with Crippen LogP contribution in [0.4, 0.5) is 5.69 Å². The number of aliphatic hydroxyl groups is 1. The summed E-state index contributed by atoms with van der Waals surface area (Å²) in [5.74, 6) is 1.37. The van der Waals surface area contributed by atoms with Crippen LogP contribution in [0.1, 0.15) is 12.0 Å². The van der Waals surface area contributed by atoms with Gasteiger partial charge >= 0.3 is 0 Å². The highest BCUT2D eigenvalue weighted by molar-refractivity contribution is 5.93. The minimum absolute atomic E-state index is 0.0168. The van der Waals surface area contributed by atoms with Crippen LogP contribution in [0.5, 0.6) is 11.5 Å². The average molecular weight is 393 g/mol. The number of hydrogen-bond acceptors (Lipinski definition) is 6. The number of fused-ring (bicyclic) bond motifs is 1. The molecule has 0 radical (unpaired) electrons. The second kappa shape index (κ2) is 9.11. The normalized spacial score (nSPS) is 16.8. The zero-order valence-electron chi connectivity index (χ0n) is 16.7. The molecule has 2 heterocycles. The maximum absolute atomic E-state index is 9.02. The fourth-order valence-electron chi connectivity index (χ4n) is 3.91. The number of rotatable bonds is 8. The molecule has 0 bridgehead atoms. The van der Waals surface area contributed by atoms with Crippen molar-refractivity contribution in [3.8, 4) is 11.5 Å². The highest BCUT2D eigenvalue weighted by Crippen LogP contribution is 2.30. The van der Waals surface area contributed by atoms with E-state index in [-0.39, 0.29) is 13.2 Å². The number of methoxy groups -OCH3 is 1. The SMILES string of the molecule is COc1ccc(CN2CCC(Nc3cccc4cnccc34)C2)cc1OCCO. The topological polar surface area (TPSA) is 66.9 Å². The average Bonchev–Trinajstić information content (AvgIpc) is 3.19. The minimum atomic E-state index is -0.0168. The Bertz CT molecular complexity index is 958. The summed E-state index contributed by atoms with van der Waals surface area (Å²) < 4.78 is 11.0. The molecule has 1 fully saturated rings. The first kappa shape index (κ1) is 19.5. The molecule has 1 unspecified atom stereocenters. The Balaban J connectivity index is 1.40. The third-order valence-electron chi connectivity index (χ3n) is 5.30. The van der Waals surface area contributed by atoms with Crippen molar-refractivity contribution in [2.24, 2.45) is 0 Å². The number of anilines is 1. The molecule has 0 spiro atoms. The van der Waals surface area contributed by atoms with Crippen molar-refractivity contribution < 1.29 is 14.6 Å². The lowest BCUT2D eigenvalue weighted by Crippen LogP contribution is -2.26. The predicted octanol–water partition coefficient (Wildman–Crippen LogP) is 3.30. The first-order chi connectivity index (χ1) is 14.3. The molecule has 1 aliphatic rings. The standard InChI is InChI=1S/C23H27N3O3/c1-28-22-6-5-17(13-23(22)29-12-11-27)15-26-10-8-19(16-26)25-21-4-2-3-18-14-24-9-7-20(18)21/h2-7,9,13-14,19,25,27H,8,10-12,15-16H2,1H3. The van der Waals surface area contributed by atoms with E-state index < -0.39 is 0 Å². The van der Waals surface area contributed by atoms with Crippen molar-refractivity contribution >= 4 is 16.5 Å². The van der Waals surface area contributed by atoms with Crippen molar-refractivity contribution in [3.63, 3.8) is 0 Å². The summed E-state index contributed by atoms with van der Waals surface area (Å²) in [5.41, 5.74) is 2.34. The summed E-state index contributed by atoms with van der Waals surface area (Å²) in [6.07, 6.45) is 4.85. The number of nitrogens with zero attached hydrogens (tertiary/aromatic N) is 2. The first-order valence-electron chi connectivity index (χ1n) is 9.99. The van der Waals surface area contributed by atoms with Gasteiger partial charge in [0.2, 0.25) is 0 Å². The molecule has 1 atom stereocenters. The predicted molar refractivity (Wildman–Crippen MR) is 115 cm³/mol. The number of benzene rings is 2. The summed E-state index contributed by atoms with van der Waals surface area (Å²) in [7, 11) is 1.63. The summed E-state index contributed by atoms with van der Waals surface area (Å²) in [6.45, 7) is 3.13. The van der Waals surface area contributed by atoms with Gasteiger partial charge in [-0.05, 0) is 36.2 Å². The van der Waals surface area contributed by atoms with Gasteiger partial charge in [-0.25, -0.2) is 0 Å². The lowest BCUT2D eigenvalue weighted by atomic mass is 10.1. The summed E-state index contributed by atoms with van der Waals surface area (Å²) >= 11 is 0. The van der Waals surface area contributed by atoms with Gasteiger partial charge in [0.05, 0.1) is 13.7 Å². The zero-order chi connectivity index (χ0) is 20.1. The molecular weight excluding hydrogens is 366 g/mol. The van der Waals surface area contributed by atoms with E-state index in [0.29, 0.717) is 17.5 Å². The van der Waals surface area contributed by atoms with Gasteiger partial charge in [0.15, 0.2) is 11.5 Å². The molecule has 2 N–H and O–H groups in total. The van der Waals surface area contributed by atoms with Gasteiger partial charge in [0.1, 0.15) is 6.61 Å². The molecule has 2 aromatic carbocycles. The zero-order valence-corrected chi connectivity index (χ0v) is 16.7. The van der Waals surface area contributed by atoms with E-state index in [9.17, 15) is 0 Å². The molecule has 6 nitrogen and oxygen atoms in total. The second-order valence-electron chi connectivity index (χ2n) is 7.32. The molecule has 152 valence electrons. The van der Waals surface area contributed by atoms with Crippen LogP contribution >= 0.6 is 0 Å². The van der Waals surface area contributed by atoms with E-state index in [1.807, 2.05) is 24.5 Å². The van der Waals surface area contributed by atoms with E-state index in [2.05, 4.69) is 45.5 Å². The van der Waals surface area contributed by atoms with Gasteiger partial charge in [-0.3, -0.25) is 9.88 Å². The number of aliphatic hydroxyl groups excluding tert-OH is 1. The third kappa shape index (κ3) is 4.60. The van der Waals surface area contributed by atoms with E-state index in [1.165, 1.54) is 16.6 Å². The van der Waals surface area contributed by atoms with Crippen molar-refractivity contribution in [2.45, 2.75) is 19.0 Å². The van der Waals surface area contributed by atoms with Crippen LogP contribution in [0.3, 0.4) is 0 Å². The number of aromatic nitrogens is 1. The number of hydrogen-bond donors (Lipinski definition) is 2. The Morgan fingerprint density at radius 1 is 1.21 bits per heavy atom. The van der Waals surface area contributed by atoms with Crippen molar-refractivity contribution in [1.82, 2.24) is 9.88 Å². The fraction of sp³-hybridized carbons (Fsp3) is 0.348. The number of nitrogens with one attached hydrogen (secondary N) is 1. The van der Waals surface area contributed by atoms with Crippen LogP contribution in [0, 0.1) is 0 Å². The van der Waals surface area contributed by atoms with Crippen LogP contribution in [0.2, 0.25) is 0 Å². The molecule has 1 saturated heterocycles. The molecule has 0 amide bonds. The Hall–Kier alpha value is -2.83. The molecule has 0 saturated carbocycles. The molecule has 4 rings (SSSR count). The van der Waals surface area contributed by atoms with E-state index in [0.717, 1.165) is 31.4 Å². The number of pyridine rings is 1. The monoisotopic (exact) mass is 393 g/mol. The van der Waals surface area contributed by atoms with Crippen LogP contribution in [-0.4, -0.2) is 54.4 Å². The van der Waals surface area contributed by atoms with Crippen LogP contribution in [0.25, 0.3) is 10.8 Å². The largest absolute Gasteiger partial charge is 0.493 e. The molecule has 1 aromatic heterocycles. The Morgan fingerprint density at radius 2 is 2.14 bits per heavy atom. The Labute approximate surface area is 171 Å². The first-order valence-corrected chi connectivity index (χ1v) is 9.99. The van der Waals surface area contributed by atoms with E-state index in [1.54, 1.807) is 7.11 Å². The van der Waals surface area contributed by atoms with Gasteiger partial charge < -0.3 is 19.9 Å². The van der Waals surface area contributed by atoms with Crippen molar-refractivity contribution in [1.29, 1.82) is 0 Å². The molecule has 0 aliphatic carbocycles. The molecule has 3 aromatic rings. The van der Waals surface area contributed by atoms with Gasteiger partial charge in [-0.1, -0.05) is 18.2 Å². The highest BCUT2D eigenvalue weighted by Gasteiger charge is 2.23. The Kier molecular flexibility index (Phi) is 6.12. The molecule has 29 heavy (non-hydrogen) atoms. The van der Waals surface area contributed by atoms with Crippen LogP contribution < -0.4 is 14.8 Å². The highest BCUT2D eigenvalue weighted by atomic mass is 16.5. The lowest BCUT2D eigenvalue weighted by Gasteiger charge is -2.19.